The number of nitrogens with one attached hydrogen (secondary N) is 1. The highest BCUT2D eigenvalue weighted by Gasteiger charge is 2.15. The summed E-state index contributed by atoms with van der Waals surface area (Å²) in [6, 6.07) is 11.5. The number of aryl methyl sites for hydroxylation is 2. The number of nitrogens with zero attached hydrogens (tertiary/aromatic N) is 1. The minimum absolute atomic E-state index is 0.0351. The van der Waals surface area contributed by atoms with Gasteiger partial charge in [-0.3, -0.25) is 4.79 Å². The number of benzene rings is 2. The van der Waals surface area contributed by atoms with E-state index >= 15 is 0 Å². The van der Waals surface area contributed by atoms with Gasteiger partial charge in [-0.2, -0.15) is 11.8 Å². The minimum atomic E-state index is -0.205. The zero-order chi connectivity index (χ0) is 18.5. The Hall–Kier alpha value is -1.85. The van der Waals surface area contributed by atoms with Crippen LogP contribution in [-0.4, -0.2) is 37.1 Å². The average molecular weight is 391 g/mol. The van der Waals surface area contributed by atoms with Crippen LogP contribution < -0.4 is 15.0 Å². The van der Waals surface area contributed by atoms with Gasteiger partial charge in [0.05, 0.1) is 10.7 Å². The largest absolute Gasteiger partial charge is 0.483 e. The second-order valence-electron chi connectivity index (χ2n) is 6.37. The first kappa shape index (κ1) is 18.9. The molecule has 0 bridgehead atoms. The van der Waals surface area contributed by atoms with Crippen molar-refractivity contribution < 1.29 is 9.53 Å². The van der Waals surface area contributed by atoms with Crippen molar-refractivity contribution in [1.82, 2.24) is 0 Å². The molecule has 138 valence electrons. The van der Waals surface area contributed by atoms with Crippen molar-refractivity contribution in [1.29, 1.82) is 0 Å². The van der Waals surface area contributed by atoms with Gasteiger partial charge in [-0.1, -0.05) is 29.3 Å². The van der Waals surface area contributed by atoms with Crippen LogP contribution in [0.1, 0.15) is 11.1 Å². The molecule has 0 aromatic heterocycles. The summed E-state index contributed by atoms with van der Waals surface area (Å²) in [5, 5.41) is 3.50. The molecule has 6 heteroatoms. The lowest BCUT2D eigenvalue weighted by atomic mass is 10.1. The summed E-state index contributed by atoms with van der Waals surface area (Å²) in [6.45, 7) is 5.96. The van der Waals surface area contributed by atoms with Gasteiger partial charge in [-0.15, -0.1) is 0 Å². The Morgan fingerprint density at radius 3 is 2.65 bits per heavy atom. The van der Waals surface area contributed by atoms with Crippen LogP contribution in [0.2, 0.25) is 5.02 Å². The number of anilines is 2. The lowest BCUT2D eigenvalue weighted by molar-refractivity contribution is -0.118. The topological polar surface area (TPSA) is 41.6 Å². The predicted molar refractivity (Wildman–Crippen MR) is 111 cm³/mol. The van der Waals surface area contributed by atoms with E-state index in [1.807, 2.05) is 55.9 Å². The van der Waals surface area contributed by atoms with Gasteiger partial charge >= 0.3 is 0 Å². The maximum atomic E-state index is 12.2. The monoisotopic (exact) mass is 390 g/mol. The van der Waals surface area contributed by atoms with Crippen LogP contribution in [0.5, 0.6) is 5.75 Å². The zero-order valence-electron chi connectivity index (χ0n) is 15.0. The molecule has 1 N–H and O–H groups in total. The fourth-order valence-electron chi connectivity index (χ4n) is 2.95. The van der Waals surface area contributed by atoms with Crippen LogP contribution in [0.15, 0.2) is 36.4 Å². The minimum Gasteiger partial charge on any atom is -0.483 e. The highest BCUT2D eigenvalue weighted by atomic mass is 35.5. The lowest BCUT2D eigenvalue weighted by Crippen LogP contribution is -2.32. The van der Waals surface area contributed by atoms with Gasteiger partial charge in [0.25, 0.3) is 5.91 Å². The van der Waals surface area contributed by atoms with Gasteiger partial charge in [-0.05, 0) is 43.7 Å². The summed E-state index contributed by atoms with van der Waals surface area (Å²) >= 11 is 8.38. The fraction of sp³-hybridized carbons (Fsp3) is 0.350. The van der Waals surface area contributed by atoms with Gasteiger partial charge in [0.1, 0.15) is 5.75 Å². The van der Waals surface area contributed by atoms with Crippen molar-refractivity contribution in [2.45, 2.75) is 13.8 Å². The highest BCUT2D eigenvalue weighted by Crippen LogP contribution is 2.30. The predicted octanol–water partition coefficient (Wildman–Crippen LogP) is 4.53. The van der Waals surface area contributed by atoms with Gasteiger partial charge in [0, 0.05) is 30.3 Å². The molecular weight excluding hydrogens is 368 g/mol. The van der Waals surface area contributed by atoms with Crippen molar-refractivity contribution >= 4 is 40.6 Å². The molecule has 2 aromatic carbocycles. The number of carbonyl (C=O) groups is 1. The van der Waals surface area contributed by atoms with Crippen LogP contribution in [-0.2, 0) is 4.79 Å². The Balaban J connectivity index is 1.57. The molecule has 1 saturated heterocycles. The summed E-state index contributed by atoms with van der Waals surface area (Å²) in [5.41, 5.74) is 3.89. The molecule has 1 aliphatic rings. The van der Waals surface area contributed by atoms with Crippen molar-refractivity contribution in [2.24, 2.45) is 0 Å². The number of thioether (sulfide) groups is 1. The second-order valence-corrected chi connectivity index (χ2v) is 8.00. The van der Waals surface area contributed by atoms with E-state index in [1.165, 1.54) is 5.56 Å². The number of ether oxygens (including phenoxy) is 1. The fourth-order valence-corrected chi connectivity index (χ4v) is 4.15. The summed E-state index contributed by atoms with van der Waals surface area (Å²) in [6.07, 6.45) is 0. The summed E-state index contributed by atoms with van der Waals surface area (Å²) in [4.78, 5) is 14.5. The Labute approximate surface area is 163 Å². The highest BCUT2D eigenvalue weighted by molar-refractivity contribution is 7.99. The van der Waals surface area contributed by atoms with Crippen molar-refractivity contribution in [3.05, 3.63) is 52.5 Å². The van der Waals surface area contributed by atoms with Gasteiger partial charge in [-0.25, -0.2) is 0 Å². The smallest absolute Gasteiger partial charge is 0.262 e. The third-order valence-corrected chi connectivity index (χ3v) is 5.52. The molecule has 1 heterocycles. The van der Waals surface area contributed by atoms with E-state index in [1.54, 1.807) is 6.07 Å². The molecule has 0 atom stereocenters. The second kappa shape index (κ2) is 8.69. The summed E-state index contributed by atoms with van der Waals surface area (Å²) < 4.78 is 5.62. The average Bonchev–Trinajstić information content (AvgIpc) is 2.62. The first-order chi connectivity index (χ1) is 12.5. The van der Waals surface area contributed by atoms with Crippen LogP contribution >= 0.6 is 23.4 Å². The Morgan fingerprint density at radius 2 is 1.96 bits per heavy atom. The third-order valence-electron chi connectivity index (χ3n) is 4.27. The molecule has 1 aliphatic heterocycles. The van der Waals surface area contributed by atoms with Crippen molar-refractivity contribution in [2.75, 3.05) is 41.4 Å². The molecule has 0 radical (unpaired) electrons. The molecule has 1 fully saturated rings. The Bertz CT molecular complexity index is 791. The van der Waals surface area contributed by atoms with Crippen LogP contribution in [0.3, 0.4) is 0 Å². The van der Waals surface area contributed by atoms with Crippen LogP contribution in [0, 0.1) is 13.8 Å². The van der Waals surface area contributed by atoms with E-state index in [2.05, 4.69) is 10.2 Å². The van der Waals surface area contributed by atoms with E-state index in [0.717, 1.165) is 41.6 Å². The van der Waals surface area contributed by atoms with Crippen LogP contribution in [0.4, 0.5) is 11.4 Å². The lowest BCUT2D eigenvalue weighted by Gasteiger charge is -2.29. The first-order valence-electron chi connectivity index (χ1n) is 8.65. The van der Waals surface area contributed by atoms with Crippen molar-refractivity contribution in [3.8, 4) is 5.75 Å². The number of halogens is 1. The molecule has 0 unspecified atom stereocenters. The maximum absolute atomic E-state index is 12.2. The first-order valence-corrected chi connectivity index (χ1v) is 10.2. The van der Waals surface area contributed by atoms with Gasteiger partial charge in [0.2, 0.25) is 0 Å². The molecule has 1 amide bonds. The standard InChI is InChI=1S/C20H23ClN2O2S/c1-14-3-6-19(15(2)11-14)25-13-20(24)22-16-4-5-18(17(21)12-16)23-7-9-26-10-8-23/h3-6,11-12H,7-10,13H2,1-2H3,(H,22,24). The molecule has 0 saturated carbocycles. The Kier molecular flexibility index (Phi) is 6.33. The summed E-state index contributed by atoms with van der Waals surface area (Å²) in [7, 11) is 0. The quantitative estimate of drug-likeness (QED) is 0.814. The van der Waals surface area contributed by atoms with Gasteiger partial charge < -0.3 is 15.0 Å². The van der Waals surface area contributed by atoms with E-state index in [4.69, 9.17) is 16.3 Å². The van der Waals surface area contributed by atoms with E-state index in [0.29, 0.717) is 10.7 Å². The number of hydrogen-bond donors (Lipinski definition) is 1. The molecular formula is C20H23ClN2O2S. The zero-order valence-corrected chi connectivity index (χ0v) is 16.6. The SMILES string of the molecule is Cc1ccc(OCC(=O)Nc2ccc(N3CCSCC3)c(Cl)c2)c(C)c1. The Morgan fingerprint density at radius 1 is 1.19 bits per heavy atom. The normalized spacial score (nSPS) is 14.2. The maximum Gasteiger partial charge on any atom is 0.262 e. The van der Waals surface area contributed by atoms with Gasteiger partial charge in [0.15, 0.2) is 6.61 Å². The molecule has 0 aliphatic carbocycles. The van der Waals surface area contributed by atoms with Crippen LogP contribution in [0.25, 0.3) is 0 Å². The van der Waals surface area contributed by atoms with E-state index in [-0.39, 0.29) is 12.5 Å². The van der Waals surface area contributed by atoms with Crippen molar-refractivity contribution in [3.63, 3.8) is 0 Å². The summed E-state index contributed by atoms with van der Waals surface area (Å²) in [5.74, 6) is 2.75. The van der Waals surface area contributed by atoms with E-state index in [9.17, 15) is 4.79 Å². The molecule has 4 nitrogen and oxygen atoms in total. The number of carbonyl (C=O) groups excluding carboxylic acids is 1. The number of rotatable bonds is 5. The molecule has 3 rings (SSSR count). The molecule has 0 spiro atoms. The number of amides is 1. The third kappa shape index (κ3) is 4.86. The van der Waals surface area contributed by atoms with E-state index < -0.39 is 0 Å². The molecule has 26 heavy (non-hydrogen) atoms. The number of hydrogen-bond acceptors (Lipinski definition) is 4. The molecule has 2 aromatic rings.